The number of rotatable bonds is 6. The number of hydrogen-bond donors (Lipinski definition) is 0. The molecule has 1 fully saturated rings. The summed E-state index contributed by atoms with van der Waals surface area (Å²) in [5, 5.41) is 0. The van der Waals surface area contributed by atoms with Crippen molar-refractivity contribution in [2.24, 2.45) is 17.3 Å². The third-order valence-corrected chi connectivity index (χ3v) is 4.84. The molecule has 2 aliphatic carbocycles. The highest BCUT2D eigenvalue weighted by Crippen LogP contribution is 2.60. The second kappa shape index (κ2) is 6.20. The molecule has 118 valence electrons. The first kappa shape index (κ1) is 16.1. The summed E-state index contributed by atoms with van der Waals surface area (Å²) in [6.07, 6.45) is 3.48. The summed E-state index contributed by atoms with van der Waals surface area (Å²) in [5.41, 5.74) is 1.12. The third kappa shape index (κ3) is 2.72. The van der Waals surface area contributed by atoms with E-state index >= 15 is 0 Å². The van der Waals surface area contributed by atoms with Gasteiger partial charge in [-0.3, -0.25) is 0 Å². The highest BCUT2D eigenvalue weighted by atomic mass is 16.5. The fourth-order valence-corrected chi connectivity index (χ4v) is 3.78. The lowest BCUT2D eigenvalue weighted by molar-refractivity contribution is -0.143. The first-order valence-electron chi connectivity index (χ1n) is 8.03. The number of ether oxygens (including phenoxy) is 2. The normalized spacial score (nSPS) is 26.1. The van der Waals surface area contributed by atoms with Gasteiger partial charge in [0.05, 0.1) is 24.4 Å². The molecule has 0 aromatic carbocycles. The van der Waals surface area contributed by atoms with Gasteiger partial charge in [-0.2, -0.15) is 0 Å². The molecule has 4 heteroatoms. The van der Waals surface area contributed by atoms with Gasteiger partial charge in [0.15, 0.2) is 0 Å². The van der Waals surface area contributed by atoms with E-state index in [1.807, 2.05) is 13.8 Å². The van der Waals surface area contributed by atoms with Crippen LogP contribution in [-0.4, -0.2) is 25.2 Å². The quantitative estimate of drug-likeness (QED) is 0.706. The molecule has 0 amide bonds. The molecule has 0 aliphatic heterocycles. The molecule has 2 atom stereocenters. The Hall–Kier alpha value is -1.32. The second-order valence-corrected chi connectivity index (χ2v) is 6.60. The number of hydrogen-bond acceptors (Lipinski definition) is 4. The minimum atomic E-state index is -0.319. The van der Waals surface area contributed by atoms with Gasteiger partial charge in [-0.1, -0.05) is 27.7 Å². The molecular weight excluding hydrogens is 268 g/mol. The van der Waals surface area contributed by atoms with Crippen molar-refractivity contribution in [1.29, 1.82) is 0 Å². The summed E-state index contributed by atoms with van der Waals surface area (Å²) < 4.78 is 10.6. The van der Waals surface area contributed by atoms with E-state index in [0.29, 0.717) is 24.4 Å². The number of esters is 2. The fourth-order valence-electron chi connectivity index (χ4n) is 3.78. The number of carbonyl (C=O) groups excluding carboxylic acids is 2. The molecule has 0 aromatic heterocycles. The Labute approximate surface area is 126 Å². The van der Waals surface area contributed by atoms with Crippen LogP contribution in [0.15, 0.2) is 11.1 Å². The monoisotopic (exact) mass is 294 g/mol. The summed E-state index contributed by atoms with van der Waals surface area (Å²) in [6, 6.07) is 0. The molecule has 0 N–H and O–H groups in total. The maximum atomic E-state index is 12.4. The van der Waals surface area contributed by atoms with Crippen molar-refractivity contribution in [2.75, 3.05) is 13.2 Å². The van der Waals surface area contributed by atoms with Crippen molar-refractivity contribution < 1.29 is 19.1 Å². The zero-order chi connectivity index (χ0) is 15.6. The van der Waals surface area contributed by atoms with E-state index in [2.05, 4.69) is 13.8 Å². The van der Waals surface area contributed by atoms with Gasteiger partial charge in [-0.05, 0) is 42.9 Å². The summed E-state index contributed by atoms with van der Waals surface area (Å²) in [7, 11) is 0. The zero-order valence-electron chi connectivity index (χ0n) is 13.5. The summed E-state index contributed by atoms with van der Waals surface area (Å²) in [4.78, 5) is 24.8. The molecule has 0 heterocycles. The van der Waals surface area contributed by atoms with Crippen LogP contribution in [0.5, 0.6) is 0 Å². The van der Waals surface area contributed by atoms with Gasteiger partial charge >= 0.3 is 11.9 Å². The van der Waals surface area contributed by atoms with Crippen LogP contribution < -0.4 is 0 Å². The van der Waals surface area contributed by atoms with E-state index in [9.17, 15) is 9.59 Å². The first-order valence-corrected chi connectivity index (χ1v) is 8.03. The lowest BCUT2D eigenvalue weighted by atomic mass is 9.79. The maximum absolute atomic E-state index is 12.4. The predicted molar refractivity (Wildman–Crippen MR) is 79.5 cm³/mol. The van der Waals surface area contributed by atoms with Crippen LogP contribution in [-0.2, 0) is 19.1 Å². The summed E-state index contributed by atoms with van der Waals surface area (Å²) >= 11 is 0. The molecule has 1 saturated carbocycles. The first-order chi connectivity index (χ1) is 9.95. The van der Waals surface area contributed by atoms with E-state index < -0.39 is 0 Å². The van der Waals surface area contributed by atoms with E-state index in [4.69, 9.17) is 9.47 Å². The lowest BCUT2D eigenvalue weighted by Gasteiger charge is -2.25. The predicted octanol–water partition coefficient (Wildman–Crippen LogP) is 3.26. The molecule has 21 heavy (non-hydrogen) atoms. The van der Waals surface area contributed by atoms with Gasteiger partial charge in [0, 0.05) is 0 Å². The van der Waals surface area contributed by atoms with Gasteiger partial charge < -0.3 is 9.47 Å². The molecular formula is C17H26O4. The Morgan fingerprint density at radius 2 is 1.33 bits per heavy atom. The third-order valence-electron chi connectivity index (χ3n) is 4.84. The minimum Gasteiger partial charge on any atom is -0.462 e. The van der Waals surface area contributed by atoms with Crippen molar-refractivity contribution in [3.8, 4) is 0 Å². The molecule has 0 spiro atoms. The van der Waals surface area contributed by atoms with Gasteiger partial charge in [0.1, 0.15) is 0 Å². The standard InChI is InChI=1S/C17H26O4/c1-5-9-20-15(18)13-11-7-8-12(17(11,3)4)14(13)16(19)21-10-6-2/h11-12H,5-10H2,1-4H3. The molecule has 2 bridgehead atoms. The van der Waals surface area contributed by atoms with Gasteiger partial charge in [-0.25, -0.2) is 9.59 Å². The fraction of sp³-hybridized carbons (Fsp3) is 0.765. The summed E-state index contributed by atoms with van der Waals surface area (Å²) in [5.74, 6) is -0.395. The average molecular weight is 294 g/mol. The largest absolute Gasteiger partial charge is 0.462 e. The minimum absolute atomic E-state index is 0.0544. The smallest absolute Gasteiger partial charge is 0.334 e. The molecule has 0 radical (unpaired) electrons. The number of carbonyl (C=O) groups is 2. The Morgan fingerprint density at radius 1 is 0.952 bits per heavy atom. The molecule has 4 nitrogen and oxygen atoms in total. The zero-order valence-corrected chi connectivity index (χ0v) is 13.5. The average Bonchev–Trinajstić information content (AvgIpc) is 2.88. The second-order valence-electron chi connectivity index (χ2n) is 6.60. The van der Waals surface area contributed by atoms with E-state index in [1.54, 1.807) is 0 Å². The van der Waals surface area contributed by atoms with Crippen LogP contribution in [0.3, 0.4) is 0 Å². The molecule has 2 rings (SSSR count). The highest BCUT2D eigenvalue weighted by molar-refractivity contribution is 6.03. The van der Waals surface area contributed by atoms with Crippen LogP contribution in [0, 0.1) is 17.3 Å². The van der Waals surface area contributed by atoms with Gasteiger partial charge in [0.25, 0.3) is 0 Å². The van der Waals surface area contributed by atoms with E-state index in [1.165, 1.54) is 0 Å². The van der Waals surface area contributed by atoms with Crippen molar-refractivity contribution in [1.82, 2.24) is 0 Å². The topological polar surface area (TPSA) is 52.6 Å². The Balaban J connectivity index is 2.30. The van der Waals surface area contributed by atoms with Crippen molar-refractivity contribution in [2.45, 2.75) is 53.4 Å². The molecule has 2 aliphatic rings. The van der Waals surface area contributed by atoms with Gasteiger partial charge in [-0.15, -0.1) is 0 Å². The van der Waals surface area contributed by atoms with Crippen molar-refractivity contribution in [3.63, 3.8) is 0 Å². The van der Waals surface area contributed by atoms with E-state index in [0.717, 1.165) is 25.7 Å². The van der Waals surface area contributed by atoms with Crippen LogP contribution in [0.1, 0.15) is 53.4 Å². The summed E-state index contributed by atoms with van der Waals surface area (Å²) in [6.45, 7) is 9.01. The van der Waals surface area contributed by atoms with Crippen LogP contribution in [0.2, 0.25) is 0 Å². The Kier molecular flexibility index (Phi) is 4.74. The lowest BCUT2D eigenvalue weighted by Crippen LogP contribution is -2.22. The van der Waals surface area contributed by atoms with Crippen LogP contribution >= 0.6 is 0 Å². The number of fused-ring (bicyclic) bond motifs is 2. The van der Waals surface area contributed by atoms with Crippen LogP contribution in [0.25, 0.3) is 0 Å². The molecule has 0 aromatic rings. The van der Waals surface area contributed by atoms with Crippen molar-refractivity contribution in [3.05, 3.63) is 11.1 Å². The maximum Gasteiger partial charge on any atom is 0.334 e. The SMILES string of the molecule is CCCOC(=O)C1=C(C(=O)OCCC)C2CCC1C2(C)C. The Morgan fingerprint density at radius 3 is 1.67 bits per heavy atom. The Bertz CT molecular complexity index is 421. The van der Waals surface area contributed by atoms with Crippen molar-refractivity contribution >= 4 is 11.9 Å². The van der Waals surface area contributed by atoms with Crippen LogP contribution in [0.4, 0.5) is 0 Å². The van der Waals surface area contributed by atoms with E-state index in [-0.39, 0.29) is 29.2 Å². The van der Waals surface area contributed by atoms with Gasteiger partial charge in [0.2, 0.25) is 0 Å². The highest BCUT2D eigenvalue weighted by Gasteiger charge is 2.57. The molecule has 0 saturated heterocycles. The molecule has 2 unspecified atom stereocenters.